The van der Waals surface area contributed by atoms with E-state index in [-0.39, 0.29) is 29.4 Å². The van der Waals surface area contributed by atoms with Crippen molar-refractivity contribution < 1.29 is 19.1 Å². The molecule has 0 aliphatic rings. The molecule has 34 heavy (non-hydrogen) atoms. The predicted octanol–water partition coefficient (Wildman–Crippen LogP) is 5.99. The van der Waals surface area contributed by atoms with Crippen molar-refractivity contribution in [1.82, 2.24) is 0 Å². The van der Waals surface area contributed by atoms with Crippen molar-refractivity contribution in [2.24, 2.45) is 5.73 Å². The minimum atomic E-state index is -0.538. The second kappa shape index (κ2) is 11.8. The fraction of sp³-hybridized carbons (Fsp3) is 0.464. The first-order valence-electron chi connectivity index (χ1n) is 11.9. The number of hydrogen-bond donors (Lipinski definition) is 2. The quantitative estimate of drug-likeness (QED) is 0.314. The summed E-state index contributed by atoms with van der Waals surface area (Å²) in [6.07, 6.45) is 4.21. The number of carbonyl (C=O) groups excluding carboxylic acids is 3. The Morgan fingerprint density at radius 3 is 2.26 bits per heavy atom. The van der Waals surface area contributed by atoms with E-state index in [9.17, 15) is 14.4 Å². The Morgan fingerprint density at radius 1 is 1.03 bits per heavy atom. The van der Waals surface area contributed by atoms with E-state index >= 15 is 0 Å². The molecule has 0 saturated carbocycles. The third kappa shape index (κ3) is 7.17. The number of amides is 2. The number of ketones is 1. The molecule has 0 saturated heterocycles. The van der Waals surface area contributed by atoms with Gasteiger partial charge in [-0.2, -0.15) is 0 Å². The molecule has 0 aliphatic heterocycles. The van der Waals surface area contributed by atoms with Gasteiger partial charge in [-0.1, -0.05) is 65.2 Å². The number of nitrogens with one attached hydrogen (secondary N) is 1. The molecule has 2 amide bonds. The largest absolute Gasteiger partial charge is 0.496 e. The van der Waals surface area contributed by atoms with Crippen LogP contribution in [0.2, 0.25) is 0 Å². The van der Waals surface area contributed by atoms with E-state index in [2.05, 4.69) is 33.0 Å². The van der Waals surface area contributed by atoms with Gasteiger partial charge in [0.05, 0.1) is 7.11 Å². The van der Waals surface area contributed by atoms with Crippen molar-refractivity contribution in [2.45, 2.75) is 78.1 Å². The highest BCUT2D eigenvalue weighted by Gasteiger charge is 2.24. The molecule has 0 radical (unpaired) electrons. The molecule has 6 heteroatoms. The van der Waals surface area contributed by atoms with Crippen LogP contribution in [0.1, 0.15) is 104 Å². The fourth-order valence-corrected chi connectivity index (χ4v) is 4.16. The highest BCUT2D eigenvalue weighted by atomic mass is 16.5. The van der Waals surface area contributed by atoms with E-state index in [0.717, 1.165) is 36.8 Å². The second-order valence-electron chi connectivity index (χ2n) is 9.83. The van der Waals surface area contributed by atoms with Crippen molar-refractivity contribution in [1.29, 1.82) is 0 Å². The van der Waals surface area contributed by atoms with Gasteiger partial charge in [-0.3, -0.25) is 14.4 Å². The molecular formula is C28H38N2O4. The van der Waals surface area contributed by atoms with Crippen LogP contribution in [0.15, 0.2) is 36.4 Å². The summed E-state index contributed by atoms with van der Waals surface area (Å²) >= 11 is 0. The number of unbranched alkanes of at least 4 members (excludes halogenated alkanes) is 2. The van der Waals surface area contributed by atoms with Gasteiger partial charge in [0, 0.05) is 23.2 Å². The zero-order valence-corrected chi connectivity index (χ0v) is 21.3. The summed E-state index contributed by atoms with van der Waals surface area (Å²) in [5.74, 6) is -0.169. The Kier molecular flexibility index (Phi) is 9.42. The van der Waals surface area contributed by atoms with Crippen LogP contribution in [0.4, 0.5) is 5.69 Å². The van der Waals surface area contributed by atoms with Crippen molar-refractivity contribution in [2.75, 3.05) is 12.4 Å². The summed E-state index contributed by atoms with van der Waals surface area (Å²) < 4.78 is 5.59. The molecule has 184 valence electrons. The van der Waals surface area contributed by atoms with Gasteiger partial charge < -0.3 is 15.8 Å². The normalized spacial score (nSPS) is 12.2. The minimum Gasteiger partial charge on any atom is -0.496 e. The lowest BCUT2D eigenvalue weighted by atomic mass is 9.84. The summed E-state index contributed by atoms with van der Waals surface area (Å²) in [5.41, 5.74) is 8.61. The molecule has 0 aliphatic carbocycles. The van der Waals surface area contributed by atoms with Gasteiger partial charge in [0.2, 0.25) is 11.8 Å². The molecule has 0 spiro atoms. The Bertz CT molecular complexity index is 1040. The number of carbonyl (C=O) groups is 3. The van der Waals surface area contributed by atoms with Gasteiger partial charge in [-0.05, 0) is 54.0 Å². The standard InChI is InChI=1S/C28H38N2O4/c1-7-8-9-10-20(22-13-11-19(18(2)31)16-25(22)34-6)17-26(32)30-24-15-21(27(29)33)12-14-23(24)28(3,4)5/h11-16,20H,7-10,17H2,1-6H3,(H2,29,33)(H,30,32). The van der Waals surface area contributed by atoms with Gasteiger partial charge in [-0.25, -0.2) is 0 Å². The van der Waals surface area contributed by atoms with Crippen LogP contribution in [-0.2, 0) is 10.2 Å². The van der Waals surface area contributed by atoms with Gasteiger partial charge in [0.1, 0.15) is 5.75 Å². The minimum absolute atomic E-state index is 0.0332. The van der Waals surface area contributed by atoms with Crippen LogP contribution < -0.4 is 15.8 Å². The van der Waals surface area contributed by atoms with Crippen LogP contribution in [0.3, 0.4) is 0 Å². The van der Waals surface area contributed by atoms with E-state index in [1.807, 2.05) is 12.1 Å². The van der Waals surface area contributed by atoms with E-state index in [1.54, 1.807) is 31.4 Å². The van der Waals surface area contributed by atoms with Crippen molar-refractivity contribution >= 4 is 23.3 Å². The Morgan fingerprint density at radius 2 is 1.71 bits per heavy atom. The Labute approximate surface area is 203 Å². The zero-order chi connectivity index (χ0) is 25.5. The smallest absolute Gasteiger partial charge is 0.248 e. The molecule has 6 nitrogen and oxygen atoms in total. The molecule has 0 heterocycles. The number of anilines is 1. The topological polar surface area (TPSA) is 98.5 Å². The molecule has 1 unspecified atom stereocenters. The maximum atomic E-state index is 13.2. The van der Waals surface area contributed by atoms with Crippen molar-refractivity contribution in [3.63, 3.8) is 0 Å². The summed E-state index contributed by atoms with van der Waals surface area (Å²) in [6.45, 7) is 9.82. The Balaban J connectivity index is 2.36. The number of methoxy groups -OCH3 is 1. The molecule has 2 aromatic rings. The van der Waals surface area contributed by atoms with Crippen LogP contribution >= 0.6 is 0 Å². The van der Waals surface area contributed by atoms with Gasteiger partial charge in [-0.15, -0.1) is 0 Å². The first kappa shape index (κ1) is 27.1. The molecule has 2 rings (SSSR count). The first-order valence-corrected chi connectivity index (χ1v) is 11.9. The van der Waals surface area contributed by atoms with Gasteiger partial charge in [0.25, 0.3) is 0 Å². The second-order valence-corrected chi connectivity index (χ2v) is 9.83. The SMILES string of the molecule is CCCCCC(CC(=O)Nc1cc(C(N)=O)ccc1C(C)(C)C)c1ccc(C(C)=O)cc1OC. The molecule has 0 fully saturated rings. The summed E-state index contributed by atoms with van der Waals surface area (Å²) in [5, 5.41) is 3.03. The molecule has 1 atom stereocenters. The molecule has 0 bridgehead atoms. The van der Waals surface area contributed by atoms with Crippen LogP contribution in [-0.4, -0.2) is 24.7 Å². The highest BCUT2D eigenvalue weighted by molar-refractivity contribution is 5.97. The zero-order valence-electron chi connectivity index (χ0n) is 21.3. The third-order valence-electron chi connectivity index (χ3n) is 6.05. The van der Waals surface area contributed by atoms with E-state index < -0.39 is 5.91 Å². The predicted molar refractivity (Wildman–Crippen MR) is 137 cm³/mol. The highest BCUT2D eigenvalue weighted by Crippen LogP contribution is 2.35. The lowest BCUT2D eigenvalue weighted by Crippen LogP contribution is -2.22. The number of rotatable bonds is 11. The summed E-state index contributed by atoms with van der Waals surface area (Å²) in [6, 6.07) is 10.6. The molecule has 0 aromatic heterocycles. The lowest BCUT2D eigenvalue weighted by Gasteiger charge is -2.25. The molecule has 2 aromatic carbocycles. The number of ether oxygens (including phenoxy) is 1. The van der Waals surface area contributed by atoms with E-state index in [1.165, 1.54) is 6.92 Å². The van der Waals surface area contributed by atoms with Crippen molar-refractivity contribution in [3.05, 3.63) is 58.7 Å². The average Bonchev–Trinajstić information content (AvgIpc) is 2.77. The van der Waals surface area contributed by atoms with Crippen LogP contribution in [0, 0.1) is 0 Å². The van der Waals surface area contributed by atoms with Crippen LogP contribution in [0.25, 0.3) is 0 Å². The first-order chi connectivity index (χ1) is 16.0. The number of benzene rings is 2. The number of primary amides is 1. The summed E-state index contributed by atoms with van der Waals surface area (Å²) in [4.78, 5) is 36.8. The fourth-order valence-electron chi connectivity index (χ4n) is 4.16. The average molecular weight is 467 g/mol. The Hall–Kier alpha value is -3.15. The number of nitrogens with two attached hydrogens (primary N) is 1. The summed E-state index contributed by atoms with van der Waals surface area (Å²) in [7, 11) is 1.58. The van der Waals surface area contributed by atoms with Crippen molar-refractivity contribution in [3.8, 4) is 5.75 Å². The van der Waals surface area contributed by atoms with E-state index in [4.69, 9.17) is 10.5 Å². The van der Waals surface area contributed by atoms with Gasteiger partial charge >= 0.3 is 0 Å². The number of Topliss-reactive ketones (excluding diaryl/α,β-unsaturated/α-hetero) is 1. The third-order valence-corrected chi connectivity index (χ3v) is 6.05. The lowest BCUT2D eigenvalue weighted by molar-refractivity contribution is -0.116. The van der Waals surface area contributed by atoms with Crippen LogP contribution in [0.5, 0.6) is 5.75 Å². The van der Waals surface area contributed by atoms with Gasteiger partial charge in [0.15, 0.2) is 5.78 Å². The van der Waals surface area contributed by atoms with E-state index in [0.29, 0.717) is 22.6 Å². The monoisotopic (exact) mass is 466 g/mol. The molecule has 3 N–H and O–H groups in total. The maximum Gasteiger partial charge on any atom is 0.248 e. The maximum absolute atomic E-state index is 13.2. The molecular weight excluding hydrogens is 428 g/mol. The number of hydrogen-bond acceptors (Lipinski definition) is 4.